The molecule has 16 heavy (non-hydrogen) atoms. The van der Waals surface area contributed by atoms with Crippen LogP contribution in [0.4, 0.5) is 0 Å². The molecular formula is C11H19NO4. The molecule has 1 saturated carbocycles. The number of hydrogen-bond donors (Lipinski definition) is 3. The van der Waals surface area contributed by atoms with Crippen LogP contribution in [0.5, 0.6) is 0 Å². The van der Waals surface area contributed by atoms with Crippen molar-refractivity contribution in [1.82, 2.24) is 5.32 Å². The Morgan fingerprint density at radius 1 is 1.38 bits per heavy atom. The van der Waals surface area contributed by atoms with Crippen molar-refractivity contribution in [3.05, 3.63) is 0 Å². The summed E-state index contributed by atoms with van der Waals surface area (Å²) in [5, 5.41) is 20.6. The smallest absolute Gasteiger partial charge is 0.307 e. The summed E-state index contributed by atoms with van der Waals surface area (Å²) in [6.07, 6.45) is 2.63. The van der Waals surface area contributed by atoms with Crippen LogP contribution in [-0.4, -0.2) is 34.7 Å². The van der Waals surface area contributed by atoms with Gasteiger partial charge in [0.2, 0.25) is 5.91 Å². The Labute approximate surface area is 94.8 Å². The third-order valence-corrected chi connectivity index (χ3v) is 3.23. The van der Waals surface area contributed by atoms with Gasteiger partial charge in [0.05, 0.1) is 24.5 Å². The molecule has 1 rings (SSSR count). The summed E-state index contributed by atoms with van der Waals surface area (Å²) in [6.45, 7) is 1.76. The first-order valence-electron chi connectivity index (χ1n) is 5.74. The summed E-state index contributed by atoms with van der Waals surface area (Å²) in [7, 11) is 0. The van der Waals surface area contributed by atoms with E-state index in [-0.39, 0.29) is 18.6 Å². The van der Waals surface area contributed by atoms with E-state index in [1.807, 2.05) is 6.92 Å². The molecule has 0 aliphatic heterocycles. The van der Waals surface area contributed by atoms with Gasteiger partial charge in [-0.25, -0.2) is 0 Å². The average Bonchev–Trinajstić information content (AvgIpc) is 2.74. The van der Waals surface area contributed by atoms with Crippen molar-refractivity contribution < 1.29 is 19.8 Å². The van der Waals surface area contributed by atoms with Gasteiger partial charge in [-0.05, 0) is 19.3 Å². The molecule has 92 valence electrons. The minimum absolute atomic E-state index is 0.104. The minimum Gasteiger partial charge on any atom is -0.481 e. The van der Waals surface area contributed by atoms with Gasteiger partial charge < -0.3 is 15.5 Å². The van der Waals surface area contributed by atoms with E-state index in [2.05, 4.69) is 5.32 Å². The summed E-state index contributed by atoms with van der Waals surface area (Å²) < 4.78 is 0. The highest BCUT2D eigenvalue weighted by Gasteiger charge is 2.38. The predicted octanol–water partition coefficient (Wildman–Crippen LogP) is 0.374. The standard InChI is InChI=1S/C11H19NO4/c1-2-7(6-13)12-10(14)8-4-3-5-9(8)11(15)16/h7-9,13H,2-6H2,1H3,(H,12,14)(H,15,16)/t7-,8+,9-/m0/s1. The highest BCUT2D eigenvalue weighted by atomic mass is 16.4. The van der Waals surface area contributed by atoms with Gasteiger partial charge in [0.15, 0.2) is 0 Å². The van der Waals surface area contributed by atoms with Gasteiger partial charge >= 0.3 is 5.97 Å². The second-order valence-corrected chi connectivity index (χ2v) is 4.28. The number of hydrogen-bond acceptors (Lipinski definition) is 3. The van der Waals surface area contributed by atoms with Gasteiger partial charge in [0, 0.05) is 0 Å². The van der Waals surface area contributed by atoms with Crippen molar-refractivity contribution in [2.75, 3.05) is 6.61 Å². The van der Waals surface area contributed by atoms with Crippen LogP contribution in [0.15, 0.2) is 0 Å². The second-order valence-electron chi connectivity index (χ2n) is 4.28. The van der Waals surface area contributed by atoms with Crippen LogP contribution in [0.2, 0.25) is 0 Å². The first-order chi connectivity index (χ1) is 7.60. The van der Waals surface area contributed by atoms with E-state index in [0.717, 1.165) is 6.42 Å². The van der Waals surface area contributed by atoms with Crippen LogP contribution in [0.3, 0.4) is 0 Å². The molecule has 5 heteroatoms. The van der Waals surface area contributed by atoms with E-state index in [1.165, 1.54) is 0 Å². The van der Waals surface area contributed by atoms with E-state index in [0.29, 0.717) is 19.3 Å². The van der Waals surface area contributed by atoms with E-state index in [1.54, 1.807) is 0 Å². The lowest BCUT2D eigenvalue weighted by atomic mass is 9.95. The highest BCUT2D eigenvalue weighted by Crippen LogP contribution is 2.32. The molecule has 0 saturated heterocycles. The number of aliphatic hydroxyl groups excluding tert-OH is 1. The quantitative estimate of drug-likeness (QED) is 0.636. The first kappa shape index (κ1) is 13.0. The maximum Gasteiger partial charge on any atom is 0.307 e. The fourth-order valence-electron chi connectivity index (χ4n) is 2.15. The van der Waals surface area contributed by atoms with Crippen LogP contribution < -0.4 is 5.32 Å². The molecule has 0 bridgehead atoms. The van der Waals surface area contributed by atoms with Crippen molar-refractivity contribution in [3.8, 4) is 0 Å². The molecule has 5 nitrogen and oxygen atoms in total. The fourth-order valence-corrected chi connectivity index (χ4v) is 2.15. The number of aliphatic carboxylic acids is 1. The van der Waals surface area contributed by atoms with Crippen LogP contribution in [0.1, 0.15) is 32.6 Å². The summed E-state index contributed by atoms with van der Waals surface area (Å²) in [5.74, 6) is -2.12. The molecule has 0 aromatic carbocycles. The Morgan fingerprint density at radius 3 is 2.50 bits per heavy atom. The molecule has 0 aromatic heterocycles. The number of rotatable bonds is 5. The van der Waals surface area contributed by atoms with E-state index < -0.39 is 17.8 Å². The Kier molecular flexibility index (Phi) is 4.73. The first-order valence-corrected chi connectivity index (χ1v) is 5.74. The summed E-state index contributed by atoms with van der Waals surface area (Å²) in [5.41, 5.74) is 0. The van der Waals surface area contributed by atoms with Crippen molar-refractivity contribution in [1.29, 1.82) is 0 Å². The molecule has 0 radical (unpaired) electrons. The predicted molar refractivity (Wildman–Crippen MR) is 57.8 cm³/mol. The van der Waals surface area contributed by atoms with Crippen molar-refractivity contribution in [2.45, 2.75) is 38.6 Å². The fraction of sp³-hybridized carbons (Fsp3) is 0.818. The normalized spacial score (nSPS) is 26.4. The van der Waals surface area contributed by atoms with E-state index in [9.17, 15) is 9.59 Å². The van der Waals surface area contributed by atoms with Crippen LogP contribution >= 0.6 is 0 Å². The largest absolute Gasteiger partial charge is 0.481 e. The number of carboxylic acids is 1. The SMILES string of the molecule is CC[C@@H](CO)NC(=O)[C@@H]1CCC[C@@H]1C(=O)O. The Bertz CT molecular complexity index is 263. The summed E-state index contributed by atoms with van der Waals surface area (Å²) >= 11 is 0. The number of carbonyl (C=O) groups excluding carboxylic acids is 1. The van der Waals surface area contributed by atoms with Crippen molar-refractivity contribution in [3.63, 3.8) is 0 Å². The molecule has 3 atom stereocenters. The van der Waals surface area contributed by atoms with E-state index >= 15 is 0 Å². The van der Waals surface area contributed by atoms with Crippen molar-refractivity contribution in [2.24, 2.45) is 11.8 Å². The summed E-state index contributed by atoms with van der Waals surface area (Å²) in [4.78, 5) is 22.7. The maximum absolute atomic E-state index is 11.8. The molecule has 0 spiro atoms. The van der Waals surface area contributed by atoms with Gasteiger partial charge in [-0.2, -0.15) is 0 Å². The molecule has 1 aliphatic carbocycles. The zero-order valence-electron chi connectivity index (χ0n) is 9.48. The number of carbonyl (C=O) groups is 2. The number of nitrogens with one attached hydrogen (secondary N) is 1. The lowest BCUT2D eigenvalue weighted by Gasteiger charge is -2.19. The van der Waals surface area contributed by atoms with E-state index in [4.69, 9.17) is 10.2 Å². The van der Waals surface area contributed by atoms with Crippen LogP contribution in [0.25, 0.3) is 0 Å². The van der Waals surface area contributed by atoms with Gasteiger partial charge in [0.25, 0.3) is 0 Å². The number of aliphatic hydroxyl groups is 1. The van der Waals surface area contributed by atoms with Gasteiger partial charge in [-0.1, -0.05) is 13.3 Å². The third-order valence-electron chi connectivity index (χ3n) is 3.23. The minimum atomic E-state index is -0.894. The van der Waals surface area contributed by atoms with Gasteiger partial charge in [-0.3, -0.25) is 9.59 Å². The lowest BCUT2D eigenvalue weighted by Crippen LogP contribution is -2.42. The third kappa shape index (κ3) is 2.95. The second kappa shape index (κ2) is 5.84. The maximum atomic E-state index is 11.8. The monoisotopic (exact) mass is 229 g/mol. The molecular weight excluding hydrogens is 210 g/mol. The van der Waals surface area contributed by atoms with Crippen molar-refractivity contribution >= 4 is 11.9 Å². The Morgan fingerprint density at radius 2 is 2.00 bits per heavy atom. The average molecular weight is 229 g/mol. The summed E-state index contributed by atoms with van der Waals surface area (Å²) in [6, 6.07) is -0.262. The topological polar surface area (TPSA) is 86.6 Å². The highest BCUT2D eigenvalue weighted by molar-refractivity contribution is 5.85. The lowest BCUT2D eigenvalue weighted by molar-refractivity contribution is -0.146. The molecule has 1 amide bonds. The number of carboxylic acid groups (broad SMARTS) is 1. The Balaban J connectivity index is 2.56. The zero-order valence-corrected chi connectivity index (χ0v) is 9.48. The van der Waals surface area contributed by atoms with Gasteiger partial charge in [0.1, 0.15) is 0 Å². The van der Waals surface area contributed by atoms with Crippen LogP contribution in [-0.2, 0) is 9.59 Å². The van der Waals surface area contributed by atoms with Gasteiger partial charge in [-0.15, -0.1) is 0 Å². The molecule has 3 N–H and O–H groups in total. The van der Waals surface area contributed by atoms with Crippen LogP contribution in [0, 0.1) is 11.8 Å². The zero-order chi connectivity index (χ0) is 12.1. The Hall–Kier alpha value is -1.10. The number of amides is 1. The molecule has 0 aromatic rings. The molecule has 1 aliphatic rings. The molecule has 1 fully saturated rings. The molecule has 0 unspecified atom stereocenters. The molecule has 0 heterocycles.